The molecule has 80 valence electrons. The summed E-state index contributed by atoms with van der Waals surface area (Å²) in [6.45, 7) is 0. The summed E-state index contributed by atoms with van der Waals surface area (Å²) < 4.78 is 54.4. The van der Waals surface area contributed by atoms with Gasteiger partial charge >= 0.3 is 5.51 Å². The number of hydrogen-bond donors (Lipinski definition) is 1. The molecule has 7 heteroatoms. The molecule has 1 rings (SSSR count). The first kappa shape index (κ1) is 11.5. The molecular weight excluding hydrogens is 229 g/mol. The fourth-order valence-corrected chi connectivity index (χ4v) is 1.64. The van der Waals surface area contributed by atoms with Gasteiger partial charge in [-0.05, 0) is 24.3 Å². The third kappa shape index (κ3) is 2.10. The standard InChI is InChI=1S/C8H5F3N2OS/c9-8(10,11)15(13,14)7-3-1-6(5-12)2-4-7/h1-4,13H/t15-/m0/s1. The molecule has 0 saturated heterocycles. The van der Waals surface area contributed by atoms with Gasteiger partial charge in [-0.1, -0.05) is 0 Å². The van der Waals surface area contributed by atoms with Crippen LogP contribution in [0.3, 0.4) is 0 Å². The van der Waals surface area contributed by atoms with Crippen molar-refractivity contribution >= 4 is 9.73 Å². The molecule has 0 fully saturated rings. The first-order chi connectivity index (χ1) is 6.79. The largest absolute Gasteiger partial charge is 0.483 e. The Balaban J connectivity index is 3.26. The number of benzene rings is 1. The average Bonchev–Trinajstić information content (AvgIpc) is 2.16. The van der Waals surface area contributed by atoms with Crippen LogP contribution in [-0.2, 0) is 9.73 Å². The van der Waals surface area contributed by atoms with Crippen molar-refractivity contribution in [3.8, 4) is 6.07 Å². The quantitative estimate of drug-likeness (QED) is 0.811. The monoisotopic (exact) mass is 234 g/mol. The molecule has 1 N–H and O–H groups in total. The highest BCUT2D eigenvalue weighted by Gasteiger charge is 2.42. The topological polar surface area (TPSA) is 64.7 Å². The van der Waals surface area contributed by atoms with E-state index in [1.165, 1.54) is 0 Å². The third-order valence-electron chi connectivity index (χ3n) is 1.64. The van der Waals surface area contributed by atoms with Gasteiger partial charge in [-0.15, -0.1) is 0 Å². The maximum atomic E-state index is 12.2. The number of nitriles is 1. The molecule has 15 heavy (non-hydrogen) atoms. The molecule has 0 aliphatic heterocycles. The number of rotatable bonds is 1. The smallest absolute Gasteiger partial charge is 0.241 e. The molecule has 0 aliphatic rings. The van der Waals surface area contributed by atoms with E-state index < -0.39 is 20.1 Å². The van der Waals surface area contributed by atoms with E-state index in [1.54, 1.807) is 6.07 Å². The normalized spacial score (nSPS) is 15.3. The summed E-state index contributed by atoms with van der Waals surface area (Å²) in [5.41, 5.74) is -4.95. The van der Waals surface area contributed by atoms with E-state index in [2.05, 4.69) is 0 Å². The lowest BCUT2D eigenvalue weighted by molar-refractivity contribution is -0.0406. The molecule has 1 aromatic carbocycles. The maximum absolute atomic E-state index is 12.2. The molecule has 1 aromatic rings. The molecule has 3 nitrogen and oxygen atoms in total. The van der Waals surface area contributed by atoms with Gasteiger partial charge < -0.3 is 0 Å². The predicted molar refractivity (Wildman–Crippen MR) is 46.3 cm³/mol. The number of alkyl halides is 3. The first-order valence-corrected chi connectivity index (χ1v) is 5.20. The molecule has 0 spiro atoms. The van der Waals surface area contributed by atoms with E-state index >= 15 is 0 Å². The Labute approximate surface area is 84.1 Å². The number of halogens is 3. The summed E-state index contributed by atoms with van der Waals surface area (Å²) in [5, 5.41) is 8.40. The molecule has 0 heterocycles. The van der Waals surface area contributed by atoms with Gasteiger partial charge in [0.15, 0.2) is 9.73 Å². The first-order valence-electron chi connectivity index (χ1n) is 3.64. The minimum atomic E-state index is -5.10. The van der Waals surface area contributed by atoms with Crippen LogP contribution in [-0.4, -0.2) is 9.72 Å². The highest BCUT2D eigenvalue weighted by Crippen LogP contribution is 2.30. The second-order valence-electron chi connectivity index (χ2n) is 2.64. The van der Waals surface area contributed by atoms with Crippen LogP contribution in [0.15, 0.2) is 29.2 Å². The maximum Gasteiger partial charge on any atom is 0.483 e. The number of nitrogens with one attached hydrogen (secondary N) is 1. The highest BCUT2D eigenvalue weighted by atomic mass is 32.2. The minimum absolute atomic E-state index is 0.149. The molecule has 1 atom stereocenters. The van der Waals surface area contributed by atoms with Gasteiger partial charge in [0.2, 0.25) is 0 Å². The van der Waals surface area contributed by atoms with Gasteiger partial charge in [0.05, 0.1) is 16.5 Å². The van der Waals surface area contributed by atoms with Gasteiger partial charge in [-0.3, -0.25) is 0 Å². The summed E-state index contributed by atoms with van der Waals surface area (Å²) in [6.07, 6.45) is 0. The Kier molecular flexibility index (Phi) is 2.73. The van der Waals surface area contributed by atoms with Crippen molar-refractivity contribution in [3.05, 3.63) is 29.8 Å². The molecule has 0 radical (unpaired) electrons. The minimum Gasteiger partial charge on any atom is -0.241 e. The van der Waals surface area contributed by atoms with Crippen molar-refractivity contribution in [2.75, 3.05) is 0 Å². The zero-order chi connectivity index (χ0) is 11.7. The van der Waals surface area contributed by atoms with Crippen molar-refractivity contribution in [1.29, 1.82) is 10.0 Å². The lowest BCUT2D eigenvalue weighted by Crippen LogP contribution is -2.21. The Morgan fingerprint density at radius 3 is 2.07 bits per heavy atom. The van der Waals surface area contributed by atoms with Crippen LogP contribution < -0.4 is 0 Å². The fraction of sp³-hybridized carbons (Fsp3) is 0.125. The van der Waals surface area contributed by atoms with Crippen LogP contribution in [0.1, 0.15) is 5.56 Å². The molecule has 0 aliphatic carbocycles. The second-order valence-corrected chi connectivity index (χ2v) is 4.68. The van der Waals surface area contributed by atoms with Gasteiger partial charge in [0.25, 0.3) is 0 Å². The zero-order valence-corrected chi connectivity index (χ0v) is 8.02. The highest BCUT2D eigenvalue weighted by molar-refractivity contribution is 7.93. The predicted octanol–water partition coefficient (Wildman–Crippen LogP) is 2.48. The Morgan fingerprint density at radius 2 is 1.73 bits per heavy atom. The average molecular weight is 234 g/mol. The molecule has 0 amide bonds. The fourth-order valence-electron chi connectivity index (χ4n) is 0.855. The van der Waals surface area contributed by atoms with Crippen LogP contribution in [0.5, 0.6) is 0 Å². The van der Waals surface area contributed by atoms with E-state index in [0.29, 0.717) is 0 Å². The lowest BCUT2D eigenvalue weighted by Gasteiger charge is -2.10. The summed E-state index contributed by atoms with van der Waals surface area (Å²) >= 11 is 0. The van der Waals surface area contributed by atoms with Gasteiger partial charge in [-0.25, -0.2) is 8.99 Å². The molecule has 0 bridgehead atoms. The van der Waals surface area contributed by atoms with E-state index in [1.807, 2.05) is 0 Å². The van der Waals surface area contributed by atoms with E-state index in [9.17, 15) is 17.4 Å². The van der Waals surface area contributed by atoms with Crippen LogP contribution in [0.4, 0.5) is 13.2 Å². The lowest BCUT2D eigenvalue weighted by atomic mass is 10.2. The number of nitrogens with zero attached hydrogens (tertiary/aromatic N) is 1. The summed E-state index contributed by atoms with van der Waals surface area (Å²) in [5.74, 6) is 0. The molecule has 0 saturated carbocycles. The van der Waals surface area contributed by atoms with Crippen molar-refractivity contribution in [3.63, 3.8) is 0 Å². The molecule has 0 aromatic heterocycles. The Bertz CT molecular complexity index is 496. The van der Waals surface area contributed by atoms with Gasteiger partial charge in [0, 0.05) is 0 Å². The van der Waals surface area contributed by atoms with E-state index in [-0.39, 0.29) is 5.56 Å². The van der Waals surface area contributed by atoms with Crippen molar-refractivity contribution < 1.29 is 17.4 Å². The summed E-state index contributed by atoms with van der Waals surface area (Å²) in [4.78, 5) is -0.644. The van der Waals surface area contributed by atoms with E-state index in [0.717, 1.165) is 24.3 Å². The molecular formula is C8H5F3N2OS. The Morgan fingerprint density at radius 1 is 1.27 bits per heavy atom. The van der Waals surface area contributed by atoms with Crippen LogP contribution >= 0.6 is 0 Å². The third-order valence-corrected chi connectivity index (χ3v) is 3.23. The SMILES string of the molecule is N#Cc1ccc([S@](=N)(=O)C(F)(F)F)cc1. The van der Waals surface area contributed by atoms with Crippen molar-refractivity contribution in [2.45, 2.75) is 10.4 Å². The second kappa shape index (κ2) is 3.55. The van der Waals surface area contributed by atoms with Crippen LogP contribution in [0, 0.1) is 16.1 Å². The Hall–Kier alpha value is -1.55. The van der Waals surface area contributed by atoms with E-state index in [4.69, 9.17) is 10.0 Å². The summed E-state index contributed by atoms with van der Waals surface area (Å²) in [6, 6.07) is 5.65. The zero-order valence-electron chi connectivity index (χ0n) is 7.21. The summed E-state index contributed by atoms with van der Waals surface area (Å²) in [7, 11) is -4.81. The van der Waals surface area contributed by atoms with Crippen LogP contribution in [0.2, 0.25) is 0 Å². The van der Waals surface area contributed by atoms with Gasteiger partial charge in [-0.2, -0.15) is 18.4 Å². The van der Waals surface area contributed by atoms with Crippen molar-refractivity contribution in [1.82, 2.24) is 0 Å². The number of hydrogen-bond acceptors (Lipinski definition) is 3. The molecule has 0 unspecified atom stereocenters. The van der Waals surface area contributed by atoms with Crippen molar-refractivity contribution in [2.24, 2.45) is 0 Å². The van der Waals surface area contributed by atoms with Crippen LogP contribution in [0.25, 0.3) is 0 Å². The van der Waals surface area contributed by atoms with Gasteiger partial charge in [0.1, 0.15) is 0 Å².